The van der Waals surface area contributed by atoms with Gasteiger partial charge in [0.2, 0.25) is 0 Å². The molecule has 0 aliphatic heterocycles. The number of aromatic amines is 1. The van der Waals surface area contributed by atoms with Gasteiger partial charge in [0, 0.05) is 47.2 Å². The van der Waals surface area contributed by atoms with Crippen molar-refractivity contribution in [3.8, 4) is 0 Å². The van der Waals surface area contributed by atoms with Gasteiger partial charge in [0.25, 0.3) is 0 Å². The first-order valence-electron chi connectivity index (χ1n) is 9.92. The smallest absolute Gasteiger partial charge is 0.323 e. The molecule has 3 aromatic heterocycles. The molecule has 5 aromatic rings. The van der Waals surface area contributed by atoms with E-state index in [1.807, 2.05) is 48.8 Å². The van der Waals surface area contributed by atoms with Crippen molar-refractivity contribution in [3.05, 3.63) is 90.1 Å². The van der Waals surface area contributed by atoms with Gasteiger partial charge in [-0.25, -0.2) is 14.2 Å². The number of amides is 2. The molecule has 0 saturated heterocycles. The van der Waals surface area contributed by atoms with E-state index < -0.39 is 6.03 Å². The summed E-state index contributed by atoms with van der Waals surface area (Å²) in [5, 5.41) is 7.61. The largest absolute Gasteiger partial charge is 0.346 e. The highest BCUT2D eigenvalue weighted by molar-refractivity contribution is 6.06. The van der Waals surface area contributed by atoms with E-state index in [1.54, 1.807) is 25.3 Å². The first kappa shape index (κ1) is 21.4. The number of H-pyrrole nitrogens is 1. The van der Waals surface area contributed by atoms with E-state index in [4.69, 9.17) is 0 Å². The number of rotatable bonds is 4. The molecule has 162 valence electrons. The summed E-state index contributed by atoms with van der Waals surface area (Å²) in [6.07, 6.45) is 5.69. The standard InChI is InChI=1S/C24H20FN5O.ClH/c1-15-19(25)4-2-5-20(15)28-24(31)29-21-6-3-7-22-18(21)10-13-30(22)14-16-8-11-26-23-17(16)9-12-27-23;/h2-13H,14H2,1H3,(H,26,27)(H2,28,29,31);1H. The zero-order chi connectivity index (χ0) is 21.4. The minimum absolute atomic E-state index is 0. The average molecular weight is 450 g/mol. The van der Waals surface area contributed by atoms with Crippen LogP contribution in [-0.4, -0.2) is 20.6 Å². The maximum atomic E-state index is 13.7. The number of urea groups is 1. The molecule has 0 unspecified atom stereocenters. The van der Waals surface area contributed by atoms with Gasteiger partial charge in [-0.2, -0.15) is 0 Å². The van der Waals surface area contributed by atoms with Crippen LogP contribution >= 0.6 is 12.4 Å². The predicted molar refractivity (Wildman–Crippen MR) is 128 cm³/mol. The number of carbonyl (C=O) groups excluding carboxylic acids is 1. The van der Waals surface area contributed by atoms with Gasteiger partial charge in [0.1, 0.15) is 11.5 Å². The summed E-state index contributed by atoms with van der Waals surface area (Å²) in [7, 11) is 0. The minimum Gasteiger partial charge on any atom is -0.346 e. The number of aromatic nitrogens is 3. The first-order valence-corrected chi connectivity index (χ1v) is 9.92. The van der Waals surface area contributed by atoms with E-state index in [9.17, 15) is 9.18 Å². The summed E-state index contributed by atoms with van der Waals surface area (Å²) < 4.78 is 15.9. The first-order chi connectivity index (χ1) is 15.1. The molecular weight excluding hydrogens is 429 g/mol. The van der Waals surface area contributed by atoms with Gasteiger partial charge in [-0.15, -0.1) is 12.4 Å². The van der Waals surface area contributed by atoms with Crippen molar-refractivity contribution < 1.29 is 9.18 Å². The molecule has 0 aliphatic rings. The number of pyridine rings is 1. The Hall–Kier alpha value is -3.84. The Kier molecular flexibility index (Phi) is 5.83. The summed E-state index contributed by atoms with van der Waals surface area (Å²) in [6, 6.07) is 16.0. The van der Waals surface area contributed by atoms with Gasteiger partial charge in [-0.3, -0.25) is 0 Å². The van der Waals surface area contributed by atoms with E-state index in [0.717, 1.165) is 27.5 Å². The van der Waals surface area contributed by atoms with Crippen LogP contribution in [0.3, 0.4) is 0 Å². The second kappa shape index (κ2) is 8.72. The fourth-order valence-corrected chi connectivity index (χ4v) is 3.83. The molecule has 0 fully saturated rings. The van der Waals surface area contributed by atoms with Crippen LogP contribution in [0.1, 0.15) is 11.1 Å². The molecule has 3 heterocycles. The van der Waals surface area contributed by atoms with Crippen molar-refractivity contribution in [1.82, 2.24) is 14.5 Å². The molecule has 2 amide bonds. The van der Waals surface area contributed by atoms with Gasteiger partial charge in [-0.05, 0) is 55.0 Å². The Morgan fingerprint density at radius 1 is 1.03 bits per heavy atom. The van der Waals surface area contributed by atoms with Crippen molar-refractivity contribution in [2.45, 2.75) is 13.5 Å². The molecule has 5 rings (SSSR count). The molecule has 0 atom stereocenters. The Balaban J connectivity index is 0.00000245. The third-order valence-corrected chi connectivity index (χ3v) is 5.47. The summed E-state index contributed by atoms with van der Waals surface area (Å²) in [4.78, 5) is 20.0. The zero-order valence-electron chi connectivity index (χ0n) is 17.2. The molecule has 0 radical (unpaired) electrons. The maximum absolute atomic E-state index is 13.7. The fourth-order valence-electron chi connectivity index (χ4n) is 3.83. The fraction of sp³-hybridized carbons (Fsp3) is 0.0833. The van der Waals surface area contributed by atoms with Gasteiger partial charge in [0.05, 0.1) is 11.2 Å². The van der Waals surface area contributed by atoms with Crippen LogP contribution in [-0.2, 0) is 6.54 Å². The van der Waals surface area contributed by atoms with Crippen molar-refractivity contribution >= 4 is 51.7 Å². The molecule has 0 spiro atoms. The molecule has 8 heteroatoms. The van der Waals surface area contributed by atoms with Gasteiger partial charge >= 0.3 is 6.03 Å². The third kappa shape index (κ3) is 3.90. The van der Waals surface area contributed by atoms with Gasteiger partial charge < -0.3 is 20.2 Å². The molecule has 32 heavy (non-hydrogen) atoms. The lowest BCUT2D eigenvalue weighted by Gasteiger charge is -2.12. The lowest BCUT2D eigenvalue weighted by molar-refractivity contribution is 0.262. The highest BCUT2D eigenvalue weighted by Gasteiger charge is 2.12. The molecule has 0 aliphatic carbocycles. The number of anilines is 2. The van der Waals surface area contributed by atoms with E-state index in [-0.39, 0.29) is 18.2 Å². The van der Waals surface area contributed by atoms with Crippen LogP contribution in [0.25, 0.3) is 21.9 Å². The van der Waals surface area contributed by atoms with Crippen LogP contribution in [0.5, 0.6) is 0 Å². The molecule has 6 nitrogen and oxygen atoms in total. The highest BCUT2D eigenvalue weighted by atomic mass is 35.5. The van der Waals surface area contributed by atoms with E-state index in [0.29, 0.717) is 23.5 Å². The zero-order valence-corrected chi connectivity index (χ0v) is 18.0. The lowest BCUT2D eigenvalue weighted by atomic mass is 10.2. The average Bonchev–Trinajstić information content (AvgIpc) is 3.40. The second-order valence-electron chi connectivity index (χ2n) is 7.38. The third-order valence-electron chi connectivity index (χ3n) is 5.47. The number of nitrogens with one attached hydrogen (secondary N) is 3. The minimum atomic E-state index is -0.419. The number of hydrogen-bond donors (Lipinski definition) is 3. The topological polar surface area (TPSA) is 74.7 Å². The van der Waals surface area contributed by atoms with E-state index in [1.165, 1.54) is 6.07 Å². The van der Waals surface area contributed by atoms with Crippen LogP contribution in [0.2, 0.25) is 0 Å². The SMILES string of the molecule is Cc1c(F)cccc1NC(=O)Nc1cccc2c1ccn2Cc1ccnc2[nH]ccc12.Cl. The lowest BCUT2D eigenvalue weighted by Crippen LogP contribution is -2.20. The van der Waals surface area contributed by atoms with Crippen molar-refractivity contribution in [3.63, 3.8) is 0 Å². The van der Waals surface area contributed by atoms with Crippen molar-refractivity contribution in [2.75, 3.05) is 10.6 Å². The Bertz CT molecular complexity index is 1420. The maximum Gasteiger partial charge on any atom is 0.323 e. The summed E-state index contributed by atoms with van der Waals surface area (Å²) >= 11 is 0. The number of halogens is 2. The molecule has 3 N–H and O–H groups in total. The quantitative estimate of drug-likeness (QED) is 0.311. The number of hydrogen-bond acceptors (Lipinski definition) is 2. The molecule has 0 bridgehead atoms. The predicted octanol–water partition coefficient (Wildman–Crippen LogP) is 6.08. The second-order valence-corrected chi connectivity index (χ2v) is 7.38. The van der Waals surface area contributed by atoms with Gasteiger partial charge in [-0.1, -0.05) is 12.1 Å². The van der Waals surface area contributed by atoms with Crippen molar-refractivity contribution in [2.24, 2.45) is 0 Å². The van der Waals surface area contributed by atoms with Crippen LogP contribution in [0.4, 0.5) is 20.6 Å². The Morgan fingerprint density at radius 2 is 1.81 bits per heavy atom. The normalized spacial score (nSPS) is 10.8. The molecule has 2 aromatic carbocycles. The molecular formula is C24H21ClFN5O. The van der Waals surface area contributed by atoms with Gasteiger partial charge in [0.15, 0.2) is 0 Å². The van der Waals surface area contributed by atoms with Crippen molar-refractivity contribution in [1.29, 1.82) is 0 Å². The monoisotopic (exact) mass is 449 g/mol. The summed E-state index contributed by atoms with van der Waals surface area (Å²) in [6.45, 7) is 2.31. The summed E-state index contributed by atoms with van der Waals surface area (Å²) in [5.74, 6) is -0.357. The Labute approximate surface area is 189 Å². The van der Waals surface area contributed by atoms with Crippen LogP contribution in [0.15, 0.2) is 73.2 Å². The number of fused-ring (bicyclic) bond motifs is 2. The number of nitrogens with zero attached hydrogens (tertiary/aromatic N) is 2. The molecule has 0 saturated carbocycles. The van der Waals surface area contributed by atoms with E-state index in [2.05, 4.69) is 25.2 Å². The van der Waals surface area contributed by atoms with E-state index >= 15 is 0 Å². The number of benzene rings is 2. The number of carbonyl (C=O) groups is 1. The summed E-state index contributed by atoms with van der Waals surface area (Å²) in [5.41, 5.74) is 4.54. The van der Waals surface area contributed by atoms with Crippen LogP contribution in [0, 0.1) is 12.7 Å². The Morgan fingerprint density at radius 3 is 2.69 bits per heavy atom. The highest BCUT2D eigenvalue weighted by Crippen LogP contribution is 2.27. The van der Waals surface area contributed by atoms with Crippen LogP contribution < -0.4 is 10.6 Å².